The summed E-state index contributed by atoms with van der Waals surface area (Å²) in [6.45, 7) is 13.8. The fourth-order valence-electron chi connectivity index (χ4n) is 9.81. The first-order valence-electron chi connectivity index (χ1n) is 22.5. The first-order chi connectivity index (χ1) is 29.9. The van der Waals surface area contributed by atoms with Crippen molar-refractivity contribution >= 4 is 113 Å². The number of piperazine rings is 1. The molecular formula is C47H69N9O5S6. The van der Waals surface area contributed by atoms with Gasteiger partial charge in [0.25, 0.3) is 5.91 Å². The molecule has 20 heteroatoms. The average molecular weight is 1030 g/mol. The molecule has 4 fully saturated rings. The number of rotatable bonds is 8. The van der Waals surface area contributed by atoms with Gasteiger partial charge in [-0.3, -0.25) is 29.3 Å². The number of nitrogens with zero attached hydrogens (tertiary/aromatic N) is 7. The van der Waals surface area contributed by atoms with Crippen LogP contribution in [0.15, 0.2) is 35.8 Å². The number of ether oxygens (including phenoxy) is 2. The fraction of sp³-hybridized carbons (Fsp3) is 0.574. The highest BCUT2D eigenvalue weighted by Gasteiger charge is 2.41. The van der Waals surface area contributed by atoms with Gasteiger partial charge in [0.05, 0.1) is 64.6 Å². The summed E-state index contributed by atoms with van der Waals surface area (Å²) in [5.74, 6) is -1.88. The monoisotopic (exact) mass is 1030 g/mol. The summed E-state index contributed by atoms with van der Waals surface area (Å²) in [5, 5.41) is 17.8. The number of hydrogen-bond acceptors (Lipinski definition) is 12. The molecule has 0 spiro atoms. The zero-order valence-corrected chi connectivity index (χ0v) is 44.9. The van der Waals surface area contributed by atoms with Gasteiger partial charge in [-0.1, -0.05) is 19.9 Å². The maximum atomic E-state index is 14.2. The Bertz CT molecular complexity index is 2410. The third-order valence-electron chi connectivity index (χ3n) is 13.7. The van der Waals surface area contributed by atoms with Crippen molar-refractivity contribution < 1.29 is 23.9 Å². The van der Waals surface area contributed by atoms with E-state index in [1.165, 1.54) is 29.2 Å². The van der Waals surface area contributed by atoms with Crippen molar-refractivity contribution in [3.05, 3.63) is 52.1 Å². The Morgan fingerprint density at radius 1 is 1.04 bits per heavy atom. The Morgan fingerprint density at radius 3 is 2.45 bits per heavy atom. The second-order valence-electron chi connectivity index (χ2n) is 18.6. The summed E-state index contributed by atoms with van der Waals surface area (Å²) in [6, 6.07) is 10.1. The molecule has 3 aliphatic heterocycles. The summed E-state index contributed by atoms with van der Waals surface area (Å²) >= 11 is 1.45. The molecule has 368 valence electrons. The zero-order chi connectivity index (χ0) is 43.3. The lowest BCUT2D eigenvalue weighted by atomic mass is 9.74. The molecule has 5 aliphatic rings. The van der Waals surface area contributed by atoms with Gasteiger partial charge in [0.1, 0.15) is 12.1 Å². The van der Waals surface area contributed by atoms with Crippen LogP contribution in [0.5, 0.6) is 0 Å². The molecule has 2 saturated carbocycles. The van der Waals surface area contributed by atoms with Gasteiger partial charge >= 0.3 is 5.97 Å². The fourth-order valence-corrected chi connectivity index (χ4v) is 10.7. The van der Waals surface area contributed by atoms with Crippen molar-refractivity contribution in [3.63, 3.8) is 0 Å². The molecule has 14 nitrogen and oxygen atoms in total. The summed E-state index contributed by atoms with van der Waals surface area (Å²) < 4.78 is 14.5. The van der Waals surface area contributed by atoms with Gasteiger partial charge in [0, 0.05) is 91.7 Å². The number of nitriles is 1. The van der Waals surface area contributed by atoms with E-state index >= 15 is 0 Å². The quantitative estimate of drug-likeness (QED) is 0.183. The second-order valence-corrected chi connectivity index (χ2v) is 19.6. The Hall–Kier alpha value is -3.13. The van der Waals surface area contributed by atoms with Gasteiger partial charge in [0.2, 0.25) is 5.91 Å². The molecule has 6 heterocycles. The van der Waals surface area contributed by atoms with E-state index < -0.39 is 29.4 Å². The van der Waals surface area contributed by atoms with Crippen LogP contribution in [-0.2, 0) is 43.2 Å². The minimum absolute atomic E-state index is 0. The van der Waals surface area contributed by atoms with Crippen LogP contribution >= 0.6 is 78.8 Å². The molecule has 2 amide bonds. The number of carbonyl (C=O) groups is 3. The van der Waals surface area contributed by atoms with Crippen molar-refractivity contribution in [2.75, 3.05) is 51.3 Å². The molecule has 2 saturated heterocycles. The molecule has 1 aromatic carbocycles. The lowest BCUT2D eigenvalue weighted by Crippen LogP contribution is -2.61. The normalized spacial score (nSPS) is 23.2. The van der Waals surface area contributed by atoms with Gasteiger partial charge in [0.15, 0.2) is 0 Å². The molecule has 0 radical (unpaired) electrons. The topological polar surface area (TPSA) is 158 Å². The van der Waals surface area contributed by atoms with E-state index in [1.807, 2.05) is 11.6 Å². The van der Waals surface area contributed by atoms with E-state index in [-0.39, 0.29) is 104 Å². The van der Waals surface area contributed by atoms with E-state index in [1.54, 1.807) is 7.11 Å². The number of fused-ring (bicyclic) bond motifs is 6. The molecule has 6 bridgehead atoms. The molecule has 9 rings (SSSR count). The zero-order valence-electron chi connectivity index (χ0n) is 39.1. The molecule has 4 aromatic rings. The van der Waals surface area contributed by atoms with Crippen LogP contribution in [0, 0.1) is 28.6 Å². The second kappa shape index (κ2) is 23.7. The van der Waals surface area contributed by atoms with E-state index in [2.05, 4.69) is 83.1 Å². The lowest BCUT2D eigenvalue weighted by Gasteiger charge is -2.36. The molecule has 2 aliphatic carbocycles. The first-order valence-corrected chi connectivity index (χ1v) is 23.4. The summed E-state index contributed by atoms with van der Waals surface area (Å²) in [6.07, 6.45) is 7.52. The average Bonchev–Trinajstić information content (AvgIpc) is 3.95. The maximum Gasteiger partial charge on any atom is 0.324 e. The largest absolute Gasteiger partial charge is 0.464 e. The van der Waals surface area contributed by atoms with Crippen LogP contribution in [0.4, 0.5) is 5.69 Å². The van der Waals surface area contributed by atoms with Gasteiger partial charge in [-0.2, -0.15) is 72.7 Å². The number of benzene rings is 1. The van der Waals surface area contributed by atoms with Crippen LogP contribution in [-0.4, -0.2) is 107 Å². The van der Waals surface area contributed by atoms with E-state index in [0.717, 1.165) is 82.6 Å². The lowest BCUT2D eigenvalue weighted by molar-refractivity contribution is -0.155. The number of aryl methyl sites for hydroxylation is 1. The van der Waals surface area contributed by atoms with E-state index in [0.29, 0.717) is 50.2 Å². The van der Waals surface area contributed by atoms with Crippen molar-refractivity contribution in [1.82, 2.24) is 35.2 Å². The van der Waals surface area contributed by atoms with E-state index in [4.69, 9.17) is 19.4 Å². The highest BCUT2D eigenvalue weighted by atomic mass is 32.1. The number of carbonyl (C=O) groups excluding carboxylic acids is 3. The Balaban J connectivity index is 0.00000196. The van der Waals surface area contributed by atoms with Crippen molar-refractivity contribution in [2.45, 2.75) is 110 Å². The number of amides is 2. The summed E-state index contributed by atoms with van der Waals surface area (Å²) in [4.78, 5) is 56.9. The van der Waals surface area contributed by atoms with Gasteiger partial charge in [-0.15, -0.1) is 11.3 Å². The van der Waals surface area contributed by atoms with Crippen molar-refractivity contribution in [3.8, 4) is 28.6 Å². The third-order valence-corrected chi connectivity index (χ3v) is 14.6. The summed E-state index contributed by atoms with van der Waals surface area (Å²) in [5.41, 5.74) is 10.7. The minimum Gasteiger partial charge on any atom is -0.464 e. The summed E-state index contributed by atoms with van der Waals surface area (Å²) in [7, 11) is 1.73. The van der Waals surface area contributed by atoms with Crippen LogP contribution in [0.3, 0.4) is 0 Å². The number of thiazole rings is 1. The van der Waals surface area contributed by atoms with Crippen LogP contribution < -0.4 is 15.6 Å². The molecule has 67 heavy (non-hydrogen) atoms. The molecule has 0 unspecified atom stereocenters. The number of nitrogens with one attached hydrogen (secondary N) is 2. The van der Waals surface area contributed by atoms with Gasteiger partial charge in [-0.05, 0) is 82.6 Å². The molecule has 2 N–H and O–H groups in total. The predicted molar refractivity (Wildman–Crippen MR) is 290 cm³/mol. The molecular weight excluding hydrogens is 963 g/mol. The number of hydrogen-bond donors (Lipinski definition) is 2. The highest BCUT2D eigenvalue weighted by molar-refractivity contribution is 7.60. The third kappa shape index (κ3) is 11.7. The number of aromatic nitrogens is 3. The van der Waals surface area contributed by atoms with Crippen LogP contribution in [0.2, 0.25) is 0 Å². The molecule has 3 aromatic heterocycles. The van der Waals surface area contributed by atoms with E-state index in [9.17, 15) is 19.6 Å². The maximum absolute atomic E-state index is 14.2. The number of esters is 1. The number of anilines is 1. The predicted octanol–water partition coefficient (Wildman–Crippen LogP) is 6.60. The standard InChI is InChI=1S/C47H59N9O5S.5H2S/c1-6-55-40-14-10-29-20-34(40)36(43(55)35-21-32(25-49-42(35)28(2)60-5)54-18-16-53(17-19-54)31-11-12-31)23-47(3,4)27-61-46(59)37-8-7-15-56(52-37)45(58)38(22-41-50-39(29)26-62-41)51-44(57)33-13-9-30(33)24-48;;;;;/h10,14,20-21,25-26,28,30-31,33,37-38,52H,6-9,11-13,15-19,22-23,27H2,1-5H3,(H,51,57);5*1H2/t28-,30+,33-,37-,38-;;;;;/m0...../s1. The van der Waals surface area contributed by atoms with Gasteiger partial charge < -0.3 is 24.3 Å². The highest BCUT2D eigenvalue weighted by Crippen LogP contribution is 2.43. The van der Waals surface area contributed by atoms with Crippen molar-refractivity contribution in [2.24, 2.45) is 17.3 Å². The number of cyclic esters (lactones) is 1. The van der Waals surface area contributed by atoms with Gasteiger partial charge in [-0.25, -0.2) is 10.4 Å². The Labute approximate surface area is 433 Å². The first kappa shape index (κ1) is 56.5. The van der Waals surface area contributed by atoms with Crippen LogP contribution in [0.25, 0.3) is 33.4 Å². The Kier molecular flexibility index (Phi) is 19.9. The Morgan fingerprint density at radius 2 is 1.79 bits per heavy atom. The van der Waals surface area contributed by atoms with Crippen molar-refractivity contribution in [1.29, 1.82) is 5.26 Å². The SMILES string of the molecule is CCn1c(-c2cc(N3CCN(C4CC4)CC3)cnc2[C@H](C)OC)c2c3cc(ccc31)-c1csc(n1)C[C@H](NC(=O)[C@H]1CC[C@@H]1C#N)C(=O)N1CCC[C@H](N1)C(=O)OCC(C)(C)C2.S.S.S.S.S. The minimum atomic E-state index is -0.938. The number of hydrazine groups is 1. The number of methoxy groups -OCH3 is 1. The molecule has 5 atom stereocenters. The smallest absolute Gasteiger partial charge is 0.324 e. The van der Waals surface area contributed by atoms with Crippen LogP contribution in [0.1, 0.15) is 88.6 Å². The number of pyridine rings is 1.